The molecule has 0 aromatic carbocycles. The number of piperidine rings is 1. The summed E-state index contributed by atoms with van der Waals surface area (Å²) in [6.07, 6.45) is 6.17. The van der Waals surface area contributed by atoms with Crippen LogP contribution in [-0.2, 0) is 4.79 Å². The molecule has 1 N–H and O–H groups in total. The highest BCUT2D eigenvalue weighted by Crippen LogP contribution is 2.20. The van der Waals surface area contributed by atoms with Crippen molar-refractivity contribution in [1.29, 1.82) is 0 Å². The summed E-state index contributed by atoms with van der Waals surface area (Å²) in [6.45, 7) is 1.17. The van der Waals surface area contributed by atoms with Crippen LogP contribution < -0.4 is 0 Å². The van der Waals surface area contributed by atoms with Gasteiger partial charge in [0, 0.05) is 31.9 Å². The number of rotatable bonds is 3. The maximum atomic E-state index is 12.1. The molecule has 2 rings (SSSR count). The summed E-state index contributed by atoms with van der Waals surface area (Å²) >= 11 is 0. The minimum absolute atomic E-state index is 0.0461. The van der Waals surface area contributed by atoms with Crippen molar-refractivity contribution in [1.82, 2.24) is 14.9 Å². The number of amides is 1. The van der Waals surface area contributed by atoms with Crippen LogP contribution in [-0.4, -0.2) is 44.9 Å². The molecule has 0 spiro atoms. The van der Waals surface area contributed by atoms with E-state index in [1.165, 1.54) is 18.7 Å². The normalized spacial score (nSPS) is 19.6. The third-order valence-corrected chi connectivity index (χ3v) is 3.08. The SMILES string of the molecule is O=C(O)CC1CCCN(C(=O)c2cncnc2)C1. The van der Waals surface area contributed by atoms with Crippen LogP contribution in [0.1, 0.15) is 29.6 Å². The molecule has 6 nitrogen and oxygen atoms in total. The van der Waals surface area contributed by atoms with Crippen molar-refractivity contribution in [2.75, 3.05) is 13.1 Å². The van der Waals surface area contributed by atoms with Crippen molar-refractivity contribution in [2.45, 2.75) is 19.3 Å². The molecule has 0 radical (unpaired) electrons. The minimum Gasteiger partial charge on any atom is -0.481 e. The lowest BCUT2D eigenvalue weighted by atomic mass is 9.94. The predicted molar refractivity (Wildman–Crippen MR) is 62.9 cm³/mol. The van der Waals surface area contributed by atoms with Gasteiger partial charge in [-0.2, -0.15) is 0 Å². The van der Waals surface area contributed by atoms with Crippen molar-refractivity contribution in [3.8, 4) is 0 Å². The number of nitrogens with zero attached hydrogens (tertiary/aromatic N) is 3. The summed E-state index contributed by atoms with van der Waals surface area (Å²) in [7, 11) is 0. The van der Waals surface area contributed by atoms with Gasteiger partial charge >= 0.3 is 5.97 Å². The summed E-state index contributed by atoms with van der Waals surface area (Å²) in [5.41, 5.74) is 0.452. The largest absolute Gasteiger partial charge is 0.481 e. The summed E-state index contributed by atoms with van der Waals surface area (Å²) in [5, 5.41) is 8.78. The van der Waals surface area contributed by atoms with Gasteiger partial charge in [-0.1, -0.05) is 0 Å². The highest BCUT2D eigenvalue weighted by Gasteiger charge is 2.26. The van der Waals surface area contributed by atoms with Crippen molar-refractivity contribution >= 4 is 11.9 Å². The number of aromatic nitrogens is 2. The molecular weight excluding hydrogens is 234 g/mol. The summed E-state index contributed by atoms with van der Waals surface area (Å²) in [6, 6.07) is 0. The van der Waals surface area contributed by atoms with Crippen molar-refractivity contribution in [2.24, 2.45) is 5.92 Å². The highest BCUT2D eigenvalue weighted by molar-refractivity contribution is 5.93. The summed E-state index contributed by atoms with van der Waals surface area (Å²) in [4.78, 5) is 32.1. The smallest absolute Gasteiger partial charge is 0.303 e. The zero-order chi connectivity index (χ0) is 13.0. The standard InChI is InChI=1S/C12H15N3O3/c16-11(17)4-9-2-1-3-15(7-9)12(18)10-5-13-8-14-6-10/h5-6,8-9H,1-4,7H2,(H,16,17). The van der Waals surface area contributed by atoms with E-state index in [-0.39, 0.29) is 18.2 Å². The average Bonchev–Trinajstić information content (AvgIpc) is 2.38. The molecule has 0 saturated carbocycles. The van der Waals surface area contributed by atoms with Crippen LogP contribution in [0.2, 0.25) is 0 Å². The van der Waals surface area contributed by atoms with Crippen LogP contribution in [0.25, 0.3) is 0 Å². The molecule has 2 heterocycles. The number of carboxylic acids is 1. The van der Waals surface area contributed by atoms with Gasteiger partial charge in [-0.3, -0.25) is 9.59 Å². The van der Waals surface area contributed by atoms with Gasteiger partial charge in [0.2, 0.25) is 0 Å². The quantitative estimate of drug-likeness (QED) is 0.856. The Morgan fingerprint density at radius 3 is 2.78 bits per heavy atom. The van der Waals surface area contributed by atoms with E-state index in [1.54, 1.807) is 4.90 Å². The molecule has 6 heteroatoms. The zero-order valence-corrected chi connectivity index (χ0v) is 9.95. The van der Waals surface area contributed by atoms with Crippen molar-refractivity contribution in [3.63, 3.8) is 0 Å². The molecule has 18 heavy (non-hydrogen) atoms. The lowest BCUT2D eigenvalue weighted by molar-refractivity contribution is -0.138. The average molecular weight is 249 g/mol. The third-order valence-electron chi connectivity index (χ3n) is 3.08. The van der Waals surface area contributed by atoms with Gasteiger partial charge in [-0.25, -0.2) is 9.97 Å². The first-order valence-corrected chi connectivity index (χ1v) is 5.93. The van der Waals surface area contributed by atoms with Crippen LogP contribution in [0.5, 0.6) is 0 Å². The van der Waals surface area contributed by atoms with Gasteiger partial charge in [-0.05, 0) is 18.8 Å². The molecule has 1 atom stereocenters. The lowest BCUT2D eigenvalue weighted by Gasteiger charge is -2.32. The van der Waals surface area contributed by atoms with Gasteiger partial charge in [0.15, 0.2) is 0 Å². The molecule has 0 bridgehead atoms. The van der Waals surface area contributed by atoms with E-state index < -0.39 is 5.97 Å². The van der Waals surface area contributed by atoms with Crippen molar-refractivity contribution < 1.29 is 14.7 Å². The number of carbonyl (C=O) groups excluding carboxylic acids is 1. The Balaban J connectivity index is 2.00. The van der Waals surface area contributed by atoms with E-state index in [2.05, 4.69) is 9.97 Å². The second kappa shape index (κ2) is 5.57. The molecule has 96 valence electrons. The molecule has 1 aliphatic heterocycles. The van der Waals surface area contributed by atoms with E-state index in [9.17, 15) is 9.59 Å². The van der Waals surface area contributed by atoms with E-state index in [0.717, 1.165) is 12.8 Å². The van der Waals surface area contributed by atoms with Crippen LogP contribution in [0.3, 0.4) is 0 Å². The molecular formula is C12H15N3O3. The molecule has 1 aromatic rings. The Hall–Kier alpha value is -1.98. The van der Waals surface area contributed by atoms with E-state index in [1.807, 2.05) is 0 Å². The maximum Gasteiger partial charge on any atom is 0.303 e. The molecule has 1 amide bonds. The predicted octanol–water partition coefficient (Wildman–Crippen LogP) is 0.803. The second-order valence-corrected chi connectivity index (χ2v) is 4.48. The fourth-order valence-electron chi connectivity index (χ4n) is 2.26. The fraction of sp³-hybridized carbons (Fsp3) is 0.500. The monoisotopic (exact) mass is 249 g/mol. The summed E-state index contributed by atoms with van der Waals surface area (Å²) < 4.78 is 0. The number of hydrogen-bond donors (Lipinski definition) is 1. The minimum atomic E-state index is -0.808. The van der Waals surface area contributed by atoms with Gasteiger partial charge < -0.3 is 10.0 Å². The van der Waals surface area contributed by atoms with E-state index >= 15 is 0 Å². The first kappa shape index (κ1) is 12.5. The topological polar surface area (TPSA) is 83.4 Å². The Kier molecular flexibility index (Phi) is 3.86. The third kappa shape index (κ3) is 3.03. The number of carbonyl (C=O) groups is 2. The Morgan fingerprint density at radius 2 is 2.11 bits per heavy atom. The fourth-order valence-corrected chi connectivity index (χ4v) is 2.26. The maximum absolute atomic E-state index is 12.1. The van der Waals surface area contributed by atoms with Crippen molar-refractivity contribution in [3.05, 3.63) is 24.3 Å². The molecule has 1 unspecified atom stereocenters. The van der Waals surface area contributed by atoms with Gasteiger partial charge in [0.1, 0.15) is 6.33 Å². The number of aliphatic carboxylic acids is 1. The van der Waals surface area contributed by atoms with Crippen LogP contribution in [0.15, 0.2) is 18.7 Å². The lowest BCUT2D eigenvalue weighted by Crippen LogP contribution is -2.40. The molecule has 1 aromatic heterocycles. The second-order valence-electron chi connectivity index (χ2n) is 4.48. The van der Waals surface area contributed by atoms with Gasteiger partial charge in [0.05, 0.1) is 5.56 Å². The first-order valence-electron chi connectivity index (χ1n) is 5.93. The Labute approximate surface area is 105 Å². The van der Waals surface area contributed by atoms with Crippen LogP contribution in [0, 0.1) is 5.92 Å². The molecule has 0 aliphatic carbocycles. The molecule has 1 aliphatic rings. The zero-order valence-electron chi connectivity index (χ0n) is 9.95. The van der Waals surface area contributed by atoms with Crippen LogP contribution >= 0.6 is 0 Å². The van der Waals surface area contributed by atoms with Gasteiger partial charge in [0.25, 0.3) is 5.91 Å². The number of carboxylic acid groups (broad SMARTS) is 1. The van der Waals surface area contributed by atoms with E-state index in [0.29, 0.717) is 18.7 Å². The number of hydrogen-bond acceptors (Lipinski definition) is 4. The Bertz CT molecular complexity index is 435. The Morgan fingerprint density at radius 1 is 1.39 bits per heavy atom. The van der Waals surface area contributed by atoms with Crippen LogP contribution in [0.4, 0.5) is 0 Å². The van der Waals surface area contributed by atoms with Gasteiger partial charge in [-0.15, -0.1) is 0 Å². The first-order chi connectivity index (χ1) is 8.66. The molecule has 1 saturated heterocycles. The number of likely N-dealkylation sites (tertiary alicyclic amines) is 1. The summed E-state index contributed by atoms with van der Waals surface area (Å²) in [5.74, 6) is -0.882. The highest BCUT2D eigenvalue weighted by atomic mass is 16.4. The van der Waals surface area contributed by atoms with E-state index in [4.69, 9.17) is 5.11 Å². The molecule has 1 fully saturated rings.